The molecule has 3 nitrogen and oxygen atoms in total. The van der Waals surface area contributed by atoms with Crippen molar-refractivity contribution in [1.82, 2.24) is 10.4 Å². The number of hydrogen-bond acceptors (Lipinski definition) is 3. The van der Waals surface area contributed by atoms with Gasteiger partial charge in [0.2, 0.25) is 0 Å². The van der Waals surface area contributed by atoms with Gasteiger partial charge in [-0.25, -0.2) is 5.43 Å². The molecule has 1 heterocycles. The monoisotopic (exact) mass is 257 g/mol. The molecule has 1 aromatic heterocycles. The van der Waals surface area contributed by atoms with Crippen molar-refractivity contribution < 1.29 is 8.78 Å². The van der Waals surface area contributed by atoms with Gasteiger partial charge in [0.25, 0.3) is 0 Å². The lowest BCUT2D eigenvalue weighted by molar-refractivity contribution is 0.0497. The van der Waals surface area contributed by atoms with E-state index >= 15 is 0 Å². The Balaban J connectivity index is 2.48. The number of para-hydroxylation sites is 1. The summed E-state index contributed by atoms with van der Waals surface area (Å²) in [4.78, 5) is 4.08. The van der Waals surface area contributed by atoms with Gasteiger partial charge < -0.3 is 0 Å². The molecule has 0 radical (unpaired) electrons. The zero-order chi connectivity index (χ0) is 12.5. The van der Waals surface area contributed by atoms with E-state index in [1.807, 2.05) is 11.5 Å². The molecule has 2 rings (SSSR count). The van der Waals surface area contributed by atoms with Crippen molar-refractivity contribution in [2.75, 3.05) is 0 Å². The van der Waals surface area contributed by atoms with Crippen molar-refractivity contribution in [3.63, 3.8) is 0 Å². The number of nitrogens with one attached hydrogen (secondary N) is 1. The molecule has 0 aliphatic carbocycles. The van der Waals surface area contributed by atoms with Gasteiger partial charge in [0.15, 0.2) is 0 Å². The van der Waals surface area contributed by atoms with Crippen LogP contribution in [-0.2, 0) is 0 Å². The van der Waals surface area contributed by atoms with Crippen LogP contribution in [0.4, 0.5) is 8.78 Å². The molecule has 1 unspecified atom stereocenters. The number of hydrazine groups is 1. The summed E-state index contributed by atoms with van der Waals surface area (Å²) in [6.07, 6.45) is 1.34. The number of pyridine rings is 1. The second-order valence-electron chi connectivity index (χ2n) is 3.60. The lowest BCUT2D eigenvalue weighted by Gasteiger charge is -2.20. The molecule has 90 valence electrons. The Bertz CT molecular complexity index is 527. The summed E-state index contributed by atoms with van der Waals surface area (Å²) in [6, 6.07) is 7.32. The largest absolute Gasteiger partial charge is 0.342 e. The smallest absolute Gasteiger partial charge is 0.271 e. The Hall–Kier alpha value is -1.30. The second-order valence-corrected chi connectivity index (χ2v) is 4.11. The number of hydrogen-bond donors (Lipinski definition) is 2. The van der Waals surface area contributed by atoms with Gasteiger partial charge in [0.1, 0.15) is 6.04 Å². The quantitative estimate of drug-likeness (QED) is 0.505. The summed E-state index contributed by atoms with van der Waals surface area (Å²) in [5, 5.41) is -2.72. The standard InChI is InChI=1S/C11H10ClF2N3/c12-11(13,14)10(17-15)8-5-7-3-1-2-4-9(7)16-6-8/h1-6,10,17H,15H2. The minimum absolute atomic E-state index is 0.242. The Labute approximate surface area is 102 Å². The summed E-state index contributed by atoms with van der Waals surface area (Å²) in [7, 11) is 0. The van der Waals surface area contributed by atoms with E-state index in [0.717, 1.165) is 10.9 Å². The molecule has 0 amide bonds. The van der Waals surface area contributed by atoms with E-state index in [4.69, 9.17) is 17.4 Å². The van der Waals surface area contributed by atoms with Crippen molar-refractivity contribution in [2.45, 2.75) is 11.4 Å². The molecule has 3 N–H and O–H groups in total. The van der Waals surface area contributed by atoms with E-state index in [1.165, 1.54) is 6.20 Å². The van der Waals surface area contributed by atoms with E-state index < -0.39 is 11.4 Å². The summed E-state index contributed by atoms with van der Waals surface area (Å²) in [5.41, 5.74) is 2.97. The number of aromatic nitrogens is 1. The number of halogens is 3. The Morgan fingerprint density at radius 1 is 1.35 bits per heavy atom. The molecule has 0 saturated carbocycles. The van der Waals surface area contributed by atoms with E-state index in [2.05, 4.69) is 4.98 Å². The summed E-state index contributed by atoms with van der Waals surface area (Å²) >= 11 is 4.98. The van der Waals surface area contributed by atoms with Crippen LogP contribution in [0.2, 0.25) is 0 Å². The third-order valence-electron chi connectivity index (χ3n) is 2.44. The SMILES string of the molecule is NNC(c1cnc2ccccc2c1)C(F)(F)Cl. The van der Waals surface area contributed by atoms with Gasteiger partial charge in [-0.2, -0.15) is 8.78 Å². The first-order valence-corrected chi connectivity index (χ1v) is 5.27. The molecule has 0 aliphatic rings. The molecular weight excluding hydrogens is 248 g/mol. The zero-order valence-electron chi connectivity index (χ0n) is 8.70. The van der Waals surface area contributed by atoms with Crippen LogP contribution in [-0.4, -0.2) is 10.4 Å². The Morgan fingerprint density at radius 2 is 2.06 bits per heavy atom. The summed E-state index contributed by atoms with van der Waals surface area (Å²) in [6.45, 7) is 0. The van der Waals surface area contributed by atoms with E-state index in [-0.39, 0.29) is 5.56 Å². The van der Waals surface area contributed by atoms with Gasteiger partial charge in [-0.15, -0.1) is 0 Å². The fraction of sp³-hybridized carbons (Fsp3) is 0.182. The average Bonchev–Trinajstić information content (AvgIpc) is 2.28. The molecule has 1 aromatic carbocycles. The average molecular weight is 258 g/mol. The lowest BCUT2D eigenvalue weighted by Crippen LogP contribution is -2.37. The van der Waals surface area contributed by atoms with Crippen LogP contribution in [0.3, 0.4) is 0 Å². The van der Waals surface area contributed by atoms with Crippen LogP contribution in [0, 0.1) is 0 Å². The third kappa shape index (κ3) is 2.52. The maximum atomic E-state index is 13.1. The molecule has 0 aliphatic heterocycles. The van der Waals surface area contributed by atoms with E-state index in [1.54, 1.807) is 24.3 Å². The maximum Gasteiger partial charge on any atom is 0.342 e. The Kier molecular flexibility index (Phi) is 3.24. The van der Waals surface area contributed by atoms with Gasteiger partial charge >= 0.3 is 5.38 Å². The minimum atomic E-state index is -3.47. The molecule has 1 atom stereocenters. The number of rotatable bonds is 3. The third-order valence-corrected chi connectivity index (χ3v) is 2.66. The number of nitrogens with zero attached hydrogens (tertiary/aromatic N) is 1. The van der Waals surface area contributed by atoms with Gasteiger partial charge in [-0.3, -0.25) is 10.8 Å². The van der Waals surface area contributed by atoms with Crippen molar-refractivity contribution in [3.8, 4) is 0 Å². The number of alkyl halides is 3. The summed E-state index contributed by atoms with van der Waals surface area (Å²) < 4.78 is 26.1. The molecule has 2 aromatic rings. The summed E-state index contributed by atoms with van der Waals surface area (Å²) in [5.74, 6) is 5.09. The molecule has 0 saturated heterocycles. The van der Waals surface area contributed by atoms with Crippen molar-refractivity contribution in [3.05, 3.63) is 42.1 Å². The van der Waals surface area contributed by atoms with Crippen LogP contribution >= 0.6 is 11.6 Å². The highest BCUT2D eigenvalue weighted by Crippen LogP contribution is 2.34. The molecule has 17 heavy (non-hydrogen) atoms. The van der Waals surface area contributed by atoms with Gasteiger partial charge in [-0.1, -0.05) is 18.2 Å². The topological polar surface area (TPSA) is 50.9 Å². The van der Waals surface area contributed by atoms with Gasteiger partial charge in [-0.05, 0) is 29.3 Å². The highest BCUT2D eigenvalue weighted by Gasteiger charge is 2.37. The predicted octanol–water partition coefficient (Wildman–Crippen LogP) is 2.57. The van der Waals surface area contributed by atoms with E-state index in [9.17, 15) is 8.78 Å². The van der Waals surface area contributed by atoms with Crippen molar-refractivity contribution in [2.24, 2.45) is 5.84 Å². The van der Waals surface area contributed by atoms with Gasteiger partial charge in [0.05, 0.1) is 5.52 Å². The van der Waals surface area contributed by atoms with Crippen LogP contribution < -0.4 is 11.3 Å². The fourth-order valence-corrected chi connectivity index (χ4v) is 1.81. The normalized spacial score (nSPS) is 13.9. The van der Waals surface area contributed by atoms with Crippen LogP contribution in [0.25, 0.3) is 10.9 Å². The Morgan fingerprint density at radius 3 is 2.71 bits per heavy atom. The van der Waals surface area contributed by atoms with Crippen molar-refractivity contribution >= 4 is 22.5 Å². The zero-order valence-corrected chi connectivity index (χ0v) is 9.46. The predicted molar refractivity (Wildman–Crippen MR) is 62.6 cm³/mol. The first kappa shape index (κ1) is 12.2. The van der Waals surface area contributed by atoms with Crippen LogP contribution in [0.15, 0.2) is 36.5 Å². The fourth-order valence-electron chi connectivity index (χ4n) is 1.63. The highest BCUT2D eigenvalue weighted by atomic mass is 35.5. The first-order chi connectivity index (χ1) is 8.02. The van der Waals surface area contributed by atoms with Crippen LogP contribution in [0.5, 0.6) is 0 Å². The second kappa shape index (κ2) is 4.52. The molecule has 0 bridgehead atoms. The van der Waals surface area contributed by atoms with Crippen molar-refractivity contribution in [1.29, 1.82) is 0 Å². The van der Waals surface area contributed by atoms with Crippen LogP contribution in [0.1, 0.15) is 11.6 Å². The first-order valence-electron chi connectivity index (χ1n) is 4.90. The molecule has 0 spiro atoms. The maximum absolute atomic E-state index is 13.1. The highest BCUT2D eigenvalue weighted by molar-refractivity contribution is 6.22. The van der Waals surface area contributed by atoms with Gasteiger partial charge in [0, 0.05) is 11.6 Å². The number of fused-ring (bicyclic) bond motifs is 1. The number of benzene rings is 1. The minimum Gasteiger partial charge on any atom is -0.271 e. The molecule has 0 fully saturated rings. The van der Waals surface area contributed by atoms with E-state index in [0.29, 0.717) is 0 Å². The molecular formula is C11H10ClF2N3. The number of nitrogens with two attached hydrogens (primary N) is 1. The molecule has 6 heteroatoms. The lowest BCUT2D eigenvalue weighted by atomic mass is 10.1.